The second kappa shape index (κ2) is 9.36. The zero-order valence-corrected chi connectivity index (χ0v) is 16.5. The number of hydrogen-bond acceptors (Lipinski definition) is 4. The van der Waals surface area contributed by atoms with E-state index in [-0.39, 0.29) is 11.5 Å². The van der Waals surface area contributed by atoms with Crippen molar-refractivity contribution in [2.45, 2.75) is 6.54 Å². The number of halogens is 1. The van der Waals surface area contributed by atoms with E-state index < -0.39 is 0 Å². The molecular formula is C21H21BrN4O. The van der Waals surface area contributed by atoms with E-state index in [4.69, 9.17) is 0 Å². The molecule has 1 aliphatic heterocycles. The zero-order valence-electron chi connectivity index (χ0n) is 14.9. The van der Waals surface area contributed by atoms with Crippen molar-refractivity contribution in [1.29, 1.82) is 5.26 Å². The highest BCUT2D eigenvalue weighted by Gasteiger charge is 2.17. The molecule has 0 spiro atoms. The van der Waals surface area contributed by atoms with Gasteiger partial charge >= 0.3 is 0 Å². The van der Waals surface area contributed by atoms with E-state index in [9.17, 15) is 10.1 Å². The topological polar surface area (TPSA) is 59.4 Å². The number of carbonyl (C=O) groups excluding carboxylic acids is 1. The summed E-state index contributed by atoms with van der Waals surface area (Å²) in [5, 5.41) is 12.1. The molecule has 1 amide bonds. The van der Waals surface area contributed by atoms with Crippen LogP contribution in [0.5, 0.6) is 0 Å². The lowest BCUT2D eigenvalue weighted by molar-refractivity contribution is -0.112. The van der Waals surface area contributed by atoms with Gasteiger partial charge in [0.1, 0.15) is 11.6 Å². The minimum Gasteiger partial charge on any atom is -0.374 e. The summed E-state index contributed by atoms with van der Waals surface area (Å²) in [6.07, 6.45) is 1.67. The van der Waals surface area contributed by atoms with Crippen LogP contribution in [0.2, 0.25) is 0 Å². The number of rotatable bonds is 5. The molecule has 27 heavy (non-hydrogen) atoms. The van der Waals surface area contributed by atoms with Gasteiger partial charge in [0.25, 0.3) is 5.91 Å². The SMILES string of the molecule is N#C/C(=C/N1CCN(Cc2ccccc2)CC1)C(=O)Nc1ccc(Br)cc1. The minimum atomic E-state index is -0.383. The van der Waals surface area contributed by atoms with Gasteiger partial charge in [-0.05, 0) is 29.8 Å². The second-order valence-corrected chi connectivity index (χ2v) is 7.33. The van der Waals surface area contributed by atoms with Gasteiger partial charge in [-0.2, -0.15) is 5.26 Å². The Balaban J connectivity index is 1.54. The van der Waals surface area contributed by atoms with Crippen LogP contribution < -0.4 is 5.32 Å². The molecule has 0 aromatic heterocycles. The van der Waals surface area contributed by atoms with Crippen LogP contribution in [0.25, 0.3) is 0 Å². The number of hydrogen-bond donors (Lipinski definition) is 1. The van der Waals surface area contributed by atoms with Crippen molar-refractivity contribution in [3.05, 3.63) is 76.4 Å². The highest BCUT2D eigenvalue weighted by molar-refractivity contribution is 9.10. The third kappa shape index (κ3) is 5.68. The lowest BCUT2D eigenvalue weighted by Crippen LogP contribution is -2.43. The summed E-state index contributed by atoms with van der Waals surface area (Å²) >= 11 is 3.36. The highest BCUT2D eigenvalue weighted by atomic mass is 79.9. The lowest BCUT2D eigenvalue weighted by Gasteiger charge is -2.34. The van der Waals surface area contributed by atoms with Gasteiger partial charge in [-0.1, -0.05) is 46.3 Å². The Morgan fingerprint density at radius 1 is 1.07 bits per heavy atom. The molecule has 0 aliphatic carbocycles. The Morgan fingerprint density at radius 3 is 2.37 bits per heavy atom. The van der Waals surface area contributed by atoms with Crippen LogP contribution in [0.15, 0.2) is 70.8 Å². The van der Waals surface area contributed by atoms with Crippen molar-refractivity contribution < 1.29 is 4.79 Å². The summed E-state index contributed by atoms with van der Waals surface area (Å²) in [6, 6.07) is 19.7. The molecule has 0 bridgehead atoms. The molecule has 2 aromatic carbocycles. The maximum atomic E-state index is 12.4. The van der Waals surface area contributed by atoms with Crippen LogP contribution in [0.3, 0.4) is 0 Å². The Kier molecular flexibility index (Phi) is 6.64. The van der Waals surface area contributed by atoms with E-state index in [1.165, 1.54) is 5.56 Å². The van der Waals surface area contributed by atoms with Gasteiger partial charge < -0.3 is 10.2 Å². The number of anilines is 1. The third-order valence-electron chi connectivity index (χ3n) is 4.43. The van der Waals surface area contributed by atoms with Crippen molar-refractivity contribution in [2.75, 3.05) is 31.5 Å². The Hall–Kier alpha value is -2.62. The predicted molar refractivity (Wildman–Crippen MR) is 110 cm³/mol. The molecule has 1 aliphatic rings. The molecule has 1 saturated heterocycles. The van der Waals surface area contributed by atoms with Gasteiger partial charge in [-0.15, -0.1) is 0 Å². The van der Waals surface area contributed by atoms with Crippen LogP contribution >= 0.6 is 15.9 Å². The molecule has 2 aromatic rings. The predicted octanol–water partition coefficient (Wildman–Crippen LogP) is 3.61. The second-order valence-electron chi connectivity index (χ2n) is 6.41. The average molecular weight is 425 g/mol. The molecule has 0 saturated carbocycles. The first kappa shape index (κ1) is 19.2. The normalized spacial score (nSPS) is 15.3. The van der Waals surface area contributed by atoms with Crippen molar-refractivity contribution in [3.8, 4) is 6.07 Å². The van der Waals surface area contributed by atoms with Gasteiger partial charge in [-0.25, -0.2) is 0 Å². The van der Waals surface area contributed by atoms with E-state index in [0.29, 0.717) is 5.69 Å². The van der Waals surface area contributed by atoms with Crippen LogP contribution in [-0.4, -0.2) is 41.9 Å². The number of nitrogens with zero attached hydrogens (tertiary/aromatic N) is 3. The van der Waals surface area contributed by atoms with Gasteiger partial charge in [0.15, 0.2) is 0 Å². The number of benzene rings is 2. The monoisotopic (exact) mass is 424 g/mol. The number of nitriles is 1. The Morgan fingerprint density at radius 2 is 1.74 bits per heavy atom. The summed E-state index contributed by atoms with van der Waals surface area (Å²) in [4.78, 5) is 16.8. The minimum absolute atomic E-state index is 0.120. The molecule has 3 rings (SSSR count). The molecule has 138 valence electrons. The van der Waals surface area contributed by atoms with Crippen LogP contribution in [-0.2, 0) is 11.3 Å². The first-order valence-corrected chi connectivity index (χ1v) is 9.62. The maximum absolute atomic E-state index is 12.4. The number of nitrogens with one attached hydrogen (secondary N) is 1. The summed E-state index contributed by atoms with van der Waals surface area (Å²) in [6.45, 7) is 4.32. The summed E-state index contributed by atoms with van der Waals surface area (Å²) < 4.78 is 0.935. The molecule has 0 atom stereocenters. The van der Waals surface area contributed by atoms with E-state index >= 15 is 0 Å². The van der Waals surface area contributed by atoms with Crippen molar-refractivity contribution in [3.63, 3.8) is 0 Å². The standard InChI is InChI=1S/C21H21BrN4O/c22-19-6-8-20(9-7-19)24-21(27)18(14-23)16-26-12-10-25(11-13-26)15-17-4-2-1-3-5-17/h1-9,16H,10-13,15H2,(H,24,27)/b18-16-. The van der Waals surface area contributed by atoms with Crippen LogP contribution in [0, 0.1) is 11.3 Å². The fourth-order valence-electron chi connectivity index (χ4n) is 2.94. The van der Waals surface area contributed by atoms with Crippen LogP contribution in [0.1, 0.15) is 5.56 Å². The van der Waals surface area contributed by atoms with Gasteiger partial charge in [0.05, 0.1) is 0 Å². The number of piperazine rings is 1. The van der Waals surface area contributed by atoms with Gasteiger partial charge in [-0.3, -0.25) is 9.69 Å². The van der Waals surface area contributed by atoms with E-state index in [2.05, 4.69) is 50.4 Å². The Labute approximate surface area is 168 Å². The number of amides is 1. The first-order chi connectivity index (χ1) is 13.1. The zero-order chi connectivity index (χ0) is 19.1. The van der Waals surface area contributed by atoms with E-state index in [1.807, 2.05) is 29.2 Å². The summed E-state index contributed by atoms with van der Waals surface area (Å²) in [7, 11) is 0. The maximum Gasteiger partial charge on any atom is 0.267 e. The van der Waals surface area contributed by atoms with Crippen molar-refractivity contribution >= 4 is 27.5 Å². The molecule has 6 heteroatoms. The first-order valence-electron chi connectivity index (χ1n) is 8.83. The molecule has 0 radical (unpaired) electrons. The van der Waals surface area contributed by atoms with Crippen LogP contribution in [0.4, 0.5) is 5.69 Å². The number of carbonyl (C=O) groups is 1. The largest absolute Gasteiger partial charge is 0.374 e. The molecule has 1 fully saturated rings. The smallest absolute Gasteiger partial charge is 0.267 e. The molecule has 1 N–H and O–H groups in total. The van der Waals surface area contributed by atoms with Gasteiger partial charge in [0.2, 0.25) is 0 Å². The molecular weight excluding hydrogens is 404 g/mol. The summed E-state index contributed by atoms with van der Waals surface area (Å²) in [5.41, 5.74) is 2.08. The van der Waals surface area contributed by atoms with Crippen molar-refractivity contribution in [1.82, 2.24) is 9.80 Å². The fraction of sp³-hybridized carbons (Fsp3) is 0.238. The molecule has 5 nitrogen and oxygen atoms in total. The molecule has 0 unspecified atom stereocenters. The molecule has 1 heterocycles. The third-order valence-corrected chi connectivity index (χ3v) is 4.96. The van der Waals surface area contributed by atoms with Gasteiger partial charge in [0, 0.05) is 49.1 Å². The van der Waals surface area contributed by atoms with E-state index in [1.54, 1.807) is 18.3 Å². The van der Waals surface area contributed by atoms with E-state index in [0.717, 1.165) is 37.2 Å². The quantitative estimate of drug-likeness (QED) is 0.588. The Bertz CT molecular complexity index is 835. The average Bonchev–Trinajstić information content (AvgIpc) is 2.70. The fourth-order valence-corrected chi connectivity index (χ4v) is 3.21. The summed E-state index contributed by atoms with van der Waals surface area (Å²) in [5.74, 6) is -0.383. The highest BCUT2D eigenvalue weighted by Crippen LogP contribution is 2.15. The van der Waals surface area contributed by atoms with Crippen molar-refractivity contribution in [2.24, 2.45) is 0 Å². The lowest BCUT2D eigenvalue weighted by atomic mass is 10.2.